The molecule has 0 spiro atoms. The van der Waals surface area contributed by atoms with E-state index in [1.165, 1.54) is 6.92 Å². The first kappa shape index (κ1) is 13.7. The van der Waals surface area contributed by atoms with Crippen LogP contribution in [0.25, 0.3) is 0 Å². The summed E-state index contributed by atoms with van der Waals surface area (Å²) < 4.78 is 5.66. The summed E-state index contributed by atoms with van der Waals surface area (Å²) in [5.74, 6) is 0.612. The van der Waals surface area contributed by atoms with Crippen molar-refractivity contribution in [2.24, 2.45) is 0 Å². The van der Waals surface area contributed by atoms with E-state index in [1.54, 1.807) is 24.3 Å². The largest absolute Gasteiger partial charge is 0.468 e. The normalized spacial score (nSPS) is 17.7. The molecule has 5 nitrogen and oxygen atoms in total. The molecule has 0 radical (unpaired) electrons. The predicted molar refractivity (Wildman–Crippen MR) is 71.4 cm³/mol. The zero-order chi connectivity index (χ0) is 13.7. The van der Waals surface area contributed by atoms with E-state index < -0.39 is 6.23 Å². The fourth-order valence-corrected chi connectivity index (χ4v) is 2.03. The van der Waals surface area contributed by atoms with Crippen LogP contribution in [0.2, 0.25) is 0 Å². The molecule has 1 aliphatic rings. The molecule has 1 atom stereocenters. The Labute approximate surface area is 112 Å². The number of nitrogens with one attached hydrogen (secondary N) is 1. The maximum atomic E-state index is 11.2. The lowest BCUT2D eigenvalue weighted by Crippen LogP contribution is -2.51. The molecule has 0 aliphatic carbocycles. The summed E-state index contributed by atoms with van der Waals surface area (Å²) in [6.45, 7) is 4.81. The molecule has 1 aromatic rings. The average Bonchev–Trinajstić information content (AvgIpc) is 2.46. The lowest BCUT2D eigenvalue weighted by Gasteiger charge is -2.31. The van der Waals surface area contributed by atoms with E-state index in [2.05, 4.69) is 5.32 Å². The first-order valence-electron chi connectivity index (χ1n) is 6.38. The van der Waals surface area contributed by atoms with Crippen molar-refractivity contribution in [2.45, 2.75) is 13.2 Å². The van der Waals surface area contributed by atoms with Gasteiger partial charge in [0.2, 0.25) is 6.23 Å². The molecule has 0 amide bonds. The van der Waals surface area contributed by atoms with Gasteiger partial charge in [-0.3, -0.25) is 14.5 Å². The third-order valence-electron chi connectivity index (χ3n) is 3.15. The minimum atomic E-state index is -0.565. The lowest BCUT2D eigenvalue weighted by molar-refractivity contribution is -0.122. The molecule has 1 heterocycles. The molecule has 1 aromatic carbocycles. The maximum Gasteiger partial charge on any atom is 0.209 e. The van der Waals surface area contributed by atoms with Crippen molar-refractivity contribution in [3.63, 3.8) is 0 Å². The van der Waals surface area contributed by atoms with E-state index in [0.29, 0.717) is 11.3 Å². The number of carbonyl (C=O) groups excluding carboxylic acids is 2. The maximum absolute atomic E-state index is 11.2. The molecule has 1 saturated heterocycles. The Morgan fingerprint density at radius 2 is 1.95 bits per heavy atom. The Bertz CT molecular complexity index is 439. The highest BCUT2D eigenvalue weighted by Gasteiger charge is 2.21. The number of ether oxygens (including phenoxy) is 1. The summed E-state index contributed by atoms with van der Waals surface area (Å²) >= 11 is 0. The molecule has 1 unspecified atom stereocenters. The monoisotopic (exact) mass is 262 g/mol. The third kappa shape index (κ3) is 3.62. The van der Waals surface area contributed by atoms with Crippen LogP contribution in [0.15, 0.2) is 24.3 Å². The first-order valence-corrected chi connectivity index (χ1v) is 6.38. The Morgan fingerprint density at radius 3 is 2.47 bits per heavy atom. The van der Waals surface area contributed by atoms with Gasteiger partial charge in [-0.15, -0.1) is 0 Å². The number of benzene rings is 1. The molecule has 102 valence electrons. The second-order valence-electron chi connectivity index (χ2n) is 4.51. The molecule has 0 aromatic heterocycles. The van der Waals surface area contributed by atoms with E-state index >= 15 is 0 Å². The van der Waals surface area contributed by atoms with Crippen LogP contribution < -0.4 is 10.1 Å². The van der Waals surface area contributed by atoms with Crippen LogP contribution >= 0.6 is 0 Å². The highest BCUT2D eigenvalue weighted by atomic mass is 16.5. The second-order valence-corrected chi connectivity index (χ2v) is 4.51. The average molecular weight is 262 g/mol. The Kier molecular flexibility index (Phi) is 4.65. The second kappa shape index (κ2) is 6.45. The first-order chi connectivity index (χ1) is 9.20. The molecule has 0 bridgehead atoms. The molecule has 19 heavy (non-hydrogen) atoms. The van der Waals surface area contributed by atoms with Gasteiger partial charge in [-0.1, -0.05) is 0 Å². The number of ketones is 1. The number of hydrogen-bond donors (Lipinski definition) is 1. The molecule has 1 fully saturated rings. The lowest BCUT2D eigenvalue weighted by atomic mass is 10.1. The van der Waals surface area contributed by atoms with Crippen molar-refractivity contribution in [3.8, 4) is 5.75 Å². The van der Waals surface area contributed by atoms with Crippen molar-refractivity contribution in [1.29, 1.82) is 0 Å². The van der Waals surface area contributed by atoms with Gasteiger partial charge in [-0.2, -0.15) is 0 Å². The summed E-state index contributed by atoms with van der Waals surface area (Å²) in [6, 6.07) is 6.85. The SMILES string of the molecule is CC(=O)c1ccc(OC(C=O)N2CCNCC2)cc1. The minimum absolute atomic E-state index is 0.0144. The number of piperazine rings is 1. The highest BCUT2D eigenvalue weighted by Crippen LogP contribution is 2.15. The van der Waals surface area contributed by atoms with E-state index in [9.17, 15) is 9.59 Å². The predicted octanol–water partition coefficient (Wildman–Crippen LogP) is 0.698. The topological polar surface area (TPSA) is 58.6 Å². The van der Waals surface area contributed by atoms with Gasteiger partial charge in [0.15, 0.2) is 12.1 Å². The third-order valence-corrected chi connectivity index (χ3v) is 3.15. The van der Waals surface area contributed by atoms with E-state index in [-0.39, 0.29) is 5.78 Å². The minimum Gasteiger partial charge on any atom is -0.468 e. The van der Waals surface area contributed by atoms with Gasteiger partial charge in [0.25, 0.3) is 0 Å². The van der Waals surface area contributed by atoms with Crippen LogP contribution in [0, 0.1) is 0 Å². The summed E-state index contributed by atoms with van der Waals surface area (Å²) in [4.78, 5) is 24.3. The molecule has 1 aliphatic heterocycles. The van der Waals surface area contributed by atoms with Crippen molar-refractivity contribution in [2.75, 3.05) is 26.2 Å². The van der Waals surface area contributed by atoms with Gasteiger partial charge in [0.1, 0.15) is 5.75 Å². The number of rotatable bonds is 5. The van der Waals surface area contributed by atoms with Crippen LogP contribution in [0.4, 0.5) is 0 Å². The number of carbonyl (C=O) groups is 2. The molecule has 5 heteroatoms. The number of hydrogen-bond acceptors (Lipinski definition) is 5. The number of nitrogens with zero attached hydrogens (tertiary/aromatic N) is 1. The summed E-state index contributed by atoms with van der Waals surface area (Å²) in [7, 11) is 0. The Morgan fingerprint density at radius 1 is 1.32 bits per heavy atom. The number of aldehydes is 1. The van der Waals surface area contributed by atoms with E-state index in [1.807, 2.05) is 4.90 Å². The summed E-state index contributed by atoms with van der Waals surface area (Å²) in [6.07, 6.45) is 0.245. The quantitative estimate of drug-likeness (QED) is 0.625. The summed E-state index contributed by atoms with van der Waals surface area (Å²) in [5, 5.41) is 3.23. The van der Waals surface area contributed by atoms with Gasteiger partial charge in [0.05, 0.1) is 0 Å². The van der Waals surface area contributed by atoms with Crippen LogP contribution in [0.5, 0.6) is 5.75 Å². The van der Waals surface area contributed by atoms with E-state index in [0.717, 1.165) is 32.5 Å². The van der Waals surface area contributed by atoms with Crippen LogP contribution in [-0.4, -0.2) is 49.4 Å². The Balaban J connectivity index is 2.01. The van der Waals surface area contributed by atoms with E-state index in [4.69, 9.17) is 4.74 Å². The van der Waals surface area contributed by atoms with Crippen molar-refractivity contribution < 1.29 is 14.3 Å². The van der Waals surface area contributed by atoms with Gasteiger partial charge < -0.3 is 10.1 Å². The Hall–Kier alpha value is -1.72. The molecule has 1 N–H and O–H groups in total. The zero-order valence-corrected chi connectivity index (χ0v) is 11.0. The van der Waals surface area contributed by atoms with Gasteiger partial charge in [-0.25, -0.2) is 0 Å². The van der Waals surface area contributed by atoms with Crippen LogP contribution in [0.1, 0.15) is 17.3 Å². The van der Waals surface area contributed by atoms with Gasteiger partial charge >= 0.3 is 0 Å². The van der Waals surface area contributed by atoms with Crippen molar-refractivity contribution >= 4 is 12.1 Å². The summed E-state index contributed by atoms with van der Waals surface area (Å²) in [5.41, 5.74) is 0.636. The molecular weight excluding hydrogens is 244 g/mol. The van der Waals surface area contributed by atoms with Gasteiger partial charge in [-0.05, 0) is 31.2 Å². The molecule has 2 rings (SSSR count). The smallest absolute Gasteiger partial charge is 0.209 e. The molecule has 0 saturated carbocycles. The van der Waals surface area contributed by atoms with Crippen molar-refractivity contribution in [1.82, 2.24) is 10.2 Å². The standard InChI is InChI=1S/C14H18N2O3/c1-11(18)12-2-4-13(5-3-12)19-14(10-17)16-8-6-15-7-9-16/h2-5,10,14-15H,6-9H2,1H3. The highest BCUT2D eigenvalue weighted by molar-refractivity contribution is 5.94. The van der Waals surface area contributed by atoms with Crippen molar-refractivity contribution in [3.05, 3.63) is 29.8 Å². The number of Topliss-reactive ketones (excluding diaryl/α,β-unsaturated/α-hetero) is 1. The van der Waals surface area contributed by atoms with Gasteiger partial charge in [0, 0.05) is 31.7 Å². The molecular formula is C14H18N2O3. The fourth-order valence-electron chi connectivity index (χ4n) is 2.03. The van der Waals surface area contributed by atoms with Crippen LogP contribution in [-0.2, 0) is 4.79 Å². The zero-order valence-electron chi connectivity index (χ0n) is 11.0. The fraction of sp³-hybridized carbons (Fsp3) is 0.429. The van der Waals surface area contributed by atoms with Crippen LogP contribution in [0.3, 0.4) is 0 Å².